The first-order valence-corrected chi connectivity index (χ1v) is 8.44. The van der Waals surface area contributed by atoms with Crippen LogP contribution < -0.4 is 9.47 Å². The molecule has 1 aromatic carbocycles. The second-order valence-corrected chi connectivity index (χ2v) is 6.04. The summed E-state index contributed by atoms with van der Waals surface area (Å²) in [5, 5.41) is 9.04. The zero-order chi connectivity index (χ0) is 19.3. The Labute approximate surface area is 152 Å². The lowest BCUT2D eigenvalue weighted by Crippen LogP contribution is -2.56. The average Bonchev–Trinajstić information content (AvgIpc) is 2.62. The lowest BCUT2D eigenvalue weighted by atomic mass is 9.99. The Morgan fingerprint density at radius 1 is 1.27 bits per heavy atom. The van der Waals surface area contributed by atoms with Crippen molar-refractivity contribution >= 4 is 17.8 Å². The van der Waals surface area contributed by atoms with E-state index in [2.05, 4.69) is 0 Å². The zero-order valence-corrected chi connectivity index (χ0v) is 15.2. The van der Waals surface area contributed by atoms with Gasteiger partial charge in [0.2, 0.25) is 5.91 Å². The summed E-state index contributed by atoms with van der Waals surface area (Å²) in [6.07, 6.45) is 1.61. The summed E-state index contributed by atoms with van der Waals surface area (Å²) in [6.45, 7) is 1.67. The van der Waals surface area contributed by atoms with Crippen LogP contribution in [0.1, 0.15) is 31.4 Å². The van der Waals surface area contributed by atoms with Gasteiger partial charge in [-0.25, -0.2) is 0 Å². The third-order valence-electron chi connectivity index (χ3n) is 4.32. The molecule has 1 aliphatic heterocycles. The van der Waals surface area contributed by atoms with E-state index < -0.39 is 24.5 Å². The number of unbranched alkanes of at least 4 members (excludes halogenated alkanes) is 1. The normalized spacial score (nSPS) is 17.4. The molecule has 1 atom stereocenters. The monoisotopic (exact) mass is 364 g/mol. The highest BCUT2D eigenvalue weighted by Gasteiger charge is 2.41. The number of ether oxygens (including phenoxy) is 2. The van der Waals surface area contributed by atoms with Gasteiger partial charge in [-0.2, -0.15) is 0 Å². The average molecular weight is 364 g/mol. The van der Waals surface area contributed by atoms with Gasteiger partial charge in [-0.05, 0) is 18.6 Å². The van der Waals surface area contributed by atoms with E-state index in [1.54, 1.807) is 18.2 Å². The molecule has 26 heavy (non-hydrogen) atoms. The Morgan fingerprint density at radius 3 is 2.58 bits per heavy atom. The lowest BCUT2D eigenvalue weighted by molar-refractivity contribution is -0.159. The van der Waals surface area contributed by atoms with Gasteiger partial charge in [0, 0.05) is 18.2 Å². The van der Waals surface area contributed by atoms with Gasteiger partial charge in [0.05, 0.1) is 14.2 Å². The van der Waals surface area contributed by atoms with Gasteiger partial charge >= 0.3 is 5.97 Å². The predicted octanol–water partition coefficient (Wildman–Crippen LogP) is 1.30. The van der Waals surface area contributed by atoms with E-state index in [0.717, 1.165) is 17.7 Å². The van der Waals surface area contributed by atoms with Crippen LogP contribution in [0.25, 0.3) is 0 Å². The summed E-state index contributed by atoms with van der Waals surface area (Å²) >= 11 is 0. The first-order chi connectivity index (χ1) is 12.4. The number of aliphatic carboxylic acids is 1. The number of hydrogen-bond acceptors (Lipinski definition) is 5. The molecule has 1 saturated heterocycles. The van der Waals surface area contributed by atoms with E-state index >= 15 is 0 Å². The molecule has 8 nitrogen and oxygen atoms in total. The van der Waals surface area contributed by atoms with Crippen LogP contribution in [-0.4, -0.2) is 66.5 Å². The van der Waals surface area contributed by atoms with Crippen molar-refractivity contribution in [1.82, 2.24) is 9.80 Å². The highest BCUT2D eigenvalue weighted by atomic mass is 16.5. The molecule has 2 rings (SSSR count). The van der Waals surface area contributed by atoms with Crippen molar-refractivity contribution < 1.29 is 29.0 Å². The van der Waals surface area contributed by atoms with Gasteiger partial charge in [0.25, 0.3) is 5.91 Å². The molecule has 0 bridgehead atoms. The second kappa shape index (κ2) is 8.55. The maximum Gasteiger partial charge on any atom is 0.323 e. The van der Waals surface area contributed by atoms with Crippen molar-refractivity contribution in [1.29, 1.82) is 0 Å². The molecular formula is C18H24N2O6. The summed E-state index contributed by atoms with van der Waals surface area (Å²) in [5.41, 5.74) is 0.512. The molecular weight excluding hydrogens is 340 g/mol. The number of piperazine rings is 1. The standard InChI is InChI=1S/C18H24N2O6/c1-4-5-8-20-15(21)10-19(11-16(22)23)18(24)17(20)13-7-6-12(25-2)9-14(13)26-3/h6-7,9,17H,4-5,8,10-11H2,1-3H3,(H,22,23). The predicted molar refractivity (Wildman–Crippen MR) is 93.1 cm³/mol. The number of methoxy groups -OCH3 is 2. The second-order valence-electron chi connectivity index (χ2n) is 6.04. The van der Waals surface area contributed by atoms with Crippen LogP contribution in [0.15, 0.2) is 18.2 Å². The van der Waals surface area contributed by atoms with E-state index in [0.29, 0.717) is 23.6 Å². The molecule has 1 heterocycles. The van der Waals surface area contributed by atoms with E-state index in [4.69, 9.17) is 14.6 Å². The van der Waals surface area contributed by atoms with Crippen molar-refractivity contribution in [3.63, 3.8) is 0 Å². The first-order valence-electron chi connectivity index (χ1n) is 8.44. The van der Waals surface area contributed by atoms with Gasteiger partial charge < -0.3 is 24.4 Å². The Morgan fingerprint density at radius 2 is 2.00 bits per heavy atom. The molecule has 1 aliphatic rings. The van der Waals surface area contributed by atoms with Gasteiger partial charge in [0.15, 0.2) is 0 Å². The number of carbonyl (C=O) groups excluding carboxylic acids is 2. The van der Waals surface area contributed by atoms with Crippen LogP contribution in [0, 0.1) is 0 Å². The number of nitrogens with zero attached hydrogens (tertiary/aromatic N) is 2. The number of rotatable bonds is 8. The molecule has 1 N–H and O–H groups in total. The van der Waals surface area contributed by atoms with Crippen LogP contribution in [0.4, 0.5) is 0 Å². The Balaban J connectivity index is 2.47. The minimum Gasteiger partial charge on any atom is -0.497 e. The van der Waals surface area contributed by atoms with E-state index in [-0.39, 0.29) is 12.5 Å². The number of benzene rings is 1. The molecule has 2 amide bonds. The van der Waals surface area contributed by atoms with Gasteiger partial charge in [-0.3, -0.25) is 14.4 Å². The lowest BCUT2D eigenvalue weighted by Gasteiger charge is -2.40. The fourth-order valence-electron chi connectivity index (χ4n) is 3.01. The van der Waals surface area contributed by atoms with Crippen molar-refractivity contribution in [3.8, 4) is 11.5 Å². The topological polar surface area (TPSA) is 96.4 Å². The first kappa shape index (κ1) is 19.6. The van der Waals surface area contributed by atoms with Crippen LogP contribution in [0.2, 0.25) is 0 Å². The molecule has 1 unspecified atom stereocenters. The molecule has 0 spiro atoms. The van der Waals surface area contributed by atoms with Crippen molar-refractivity contribution in [2.24, 2.45) is 0 Å². The molecule has 142 valence electrons. The Kier molecular flexibility index (Phi) is 6.43. The summed E-state index contributed by atoms with van der Waals surface area (Å²) in [7, 11) is 2.99. The summed E-state index contributed by atoms with van der Waals surface area (Å²) in [5.74, 6) is -0.890. The van der Waals surface area contributed by atoms with E-state index in [1.807, 2.05) is 6.92 Å². The van der Waals surface area contributed by atoms with Crippen molar-refractivity contribution in [3.05, 3.63) is 23.8 Å². The maximum atomic E-state index is 13.0. The van der Waals surface area contributed by atoms with Crippen LogP contribution in [-0.2, 0) is 14.4 Å². The minimum absolute atomic E-state index is 0.232. The summed E-state index contributed by atoms with van der Waals surface area (Å²) in [4.78, 5) is 39.2. The van der Waals surface area contributed by atoms with Crippen LogP contribution in [0.3, 0.4) is 0 Å². The quantitative estimate of drug-likeness (QED) is 0.747. The maximum absolute atomic E-state index is 13.0. The molecule has 0 saturated carbocycles. The number of carboxylic acid groups (broad SMARTS) is 1. The van der Waals surface area contributed by atoms with E-state index in [1.165, 1.54) is 19.1 Å². The largest absolute Gasteiger partial charge is 0.497 e. The highest BCUT2D eigenvalue weighted by Crippen LogP contribution is 2.36. The highest BCUT2D eigenvalue weighted by molar-refractivity contribution is 5.97. The third kappa shape index (κ3) is 4.07. The third-order valence-corrected chi connectivity index (χ3v) is 4.32. The molecule has 1 aromatic rings. The van der Waals surface area contributed by atoms with Gasteiger partial charge in [-0.15, -0.1) is 0 Å². The zero-order valence-electron chi connectivity index (χ0n) is 15.2. The number of amides is 2. The van der Waals surface area contributed by atoms with Crippen LogP contribution >= 0.6 is 0 Å². The molecule has 0 aromatic heterocycles. The number of carboxylic acids is 1. The summed E-state index contributed by atoms with van der Waals surface area (Å²) < 4.78 is 10.6. The summed E-state index contributed by atoms with van der Waals surface area (Å²) in [6, 6.07) is 4.09. The smallest absolute Gasteiger partial charge is 0.323 e. The molecule has 0 radical (unpaired) electrons. The van der Waals surface area contributed by atoms with Crippen molar-refractivity contribution in [2.45, 2.75) is 25.8 Å². The van der Waals surface area contributed by atoms with Gasteiger partial charge in [0.1, 0.15) is 30.6 Å². The molecule has 1 fully saturated rings. The van der Waals surface area contributed by atoms with E-state index in [9.17, 15) is 14.4 Å². The SMILES string of the molecule is CCCCN1C(=O)CN(CC(=O)O)C(=O)C1c1ccc(OC)cc1OC. The fraction of sp³-hybridized carbons (Fsp3) is 0.500. The molecule has 0 aliphatic carbocycles. The molecule has 8 heteroatoms. The Bertz CT molecular complexity index is 690. The number of carbonyl (C=O) groups is 3. The minimum atomic E-state index is -1.16. The van der Waals surface area contributed by atoms with Gasteiger partial charge in [-0.1, -0.05) is 13.3 Å². The van der Waals surface area contributed by atoms with Crippen LogP contribution in [0.5, 0.6) is 11.5 Å². The van der Waals surface area contributed by atoms with Crippen molar-refractivity contribution in [2.75, 3.05) is 33.9 Å². The number of hydrogen-bond donors (Lipinski definition) is 1. The Hall–Kier alpha value is -2.77. The fourth-order valence-corrected chi connectivity index (χ4v) is 3.01.